The van der Waals surface area contributed by atoms with Crippen LogP contribution >= 0.6 is 15.9 Å². The molecule has 146 valence electrons. The van der Waals surface area contributed by atoms with Gasteiger partial charge in [0.15, 0.2) is 0 Å². The molecule has 1 aliphatic rings. The van der Waals surface area contributed by atoms with Crippen LogP contribution in [-0.4, -0.2) is 46.5 Å². The van der Waals surface area contributed by atoms with Crippen LogP contribution in [-0.2, 0) is 16.1 Å². The van der Waals surface area contributed by atoms with Gasteiger partial charge in [-0.1, -0.05) is 15.9 Å². The molecule has 1 aromatic rings. The minimum absolute atomic E-state index is 0.138. The number of anilines is 1. The monoisotopic (exact) mass is 444 g/mol. The maximum absolute atomic E-state index is 12.5. The molecule has 2 rings (SSSR count). The van der Waals surface area contributed by atoms with Crippen LogP contribution in [0.25, 0.3) is 0 Å². The van der Waals surface area contributed by atoms with Crippen molar-refractivity contribution in [2.45, 2.75) is 59.1 Å². The Kier molecular flexibility index (Phi) is 6.91. The molecule has 5 nitrogen and oxygen atoms in total. The molecular weight excluding hydrogens is 416 g/mol. The number of likely N-dealkylation sites (tertiary alicyclic amines) is 1. The minimum atomic E-state index is -1.13. The molecule has 1 atom stereocenters. The summed E-state index contributed by atoms with van der Waals surface area (Å²) in [5.74, 6) is 0. The van der Waals surface area contributed by atoms with Crippen LogP contribution in [0.3, 0.4) is 0 Å². The zero-order chi connectivity index (χ0) is 19.6. The fourth-order valence-corrected chi connectivity index (χ4v) is 4.49. The molecule has 0 radical (unpaired) electrons. The van der Waals surface area contributed by atoms with E-state index in [-0.39, 0.29) is 12.1 Å². The summed E-state index contributed by atoms with van der Waals surface area (Å²) < 4.78 is 21.0. The van der Waals surface area contributed by atoms with Gasteiger partial charge in [-0.05, 0) is 70.7 Å². The van der Waals surface area contributed by atoms with Crippen molar-refractivity contribution in [3.63, 3.8) is 0 Å². The number of benzene rings is 1. The number of hydrogen-bond acceptors (Lipinski definition) is 4. The number of ether oxygens (including phenoxy) is 1. The van der Waals surface area contributed by atoms with E-state index in [2.05, 4.69) is 28.1 Å². The Hall–Kier alpha value is -0.920. The molecule has 7 heteroatoms. The lowest BCUT2D eigenvalue weighted by Gasteiger charge is -2.38. The van der Waals surface area contributed by atoms with Gasteiger partial charge in [0.1, 0.15) is 11.9 Å². The van der Waals surface area contributed by atoms with E-state index < -0.39 is 17.0 Å². The molecule has 1 amide bonds. The average molecular weight is 445 g/mol. The van der Waals surface area contributed by atoms with Crippen LogP contribution in [0.15, 0.2) is 16.6 Å². The molecule has 1 aromatic carbocycles. The van der Waals surface area contributed by atoms with E-state index in [1.54, 1.807) is 11.2 Å². The molecule has 1 heterocycles. The first-order valence-corrected chi connectivity index (χ1v) is 11.2. The summed E-state index contributed by atoms with van der Waals surface area (Å²) in [6.07, 6.45) is 2.99. The van der Waals surface area contributed by atoms with E-state index in [1.165, 1.54) is 0 Å². The summed E-state index contributed by atoms with van der Waals surface area (Å²) in [5.41, 5.74) is 2.74. The Labute approximate surface area is 168 Å². The first-order chi connectivity index (χ1) is 12.0. The summed E-state index contributed by atoms with van der Waals surface area (Å²) in [6.45, 7) is 10.9. The number of rotatable bonds is 3. The van der Waals surface area contributed by atoms with Gasteiger partial charge in [0, 0.05) is 17.6 Å². The van der Waals surface area contributed by atoms with Crippen LogP contribution in [0.4, 0.5) is 10.5 Å². The van der Waals surface area contributed by atoms with E-state index in [4.69, 9.17) is 4.74 Å². The van der Waals surface area contributed by atoms with Crippen molar-refractivity contribution in [1.29, 1.82) is 0 Å². The summed E-state index contributed by atoms with van der Waals surface area (Å²) in [5, 5.41) is 0. The number of piperidine rings is 1. The molecule has 1 saturated heterocycles. The van der Waals surface area contributed by atoms with Gasteiger partial charge in [-0.15, -0.1) is 0 Å². The molecule has 0 aromatic heterocycles. The lowest BCUT2D eigenvalue weighted by molar-refractivity contribution is 0.0208. The molecule has 1 fully saturated rings. The highest BCUT2D eigenvalue weighted by atomic mass is 79.9. The first kappa shape index (κ1) is 21.4. The molecule has 0 N–H and O–H groups in total. The summed E-state index contributed by atoms with van der Waals surface area (Å²) in [6, 6.07) is 4.27. The smallest absolute Gasteiger partial charge is 0.410 e. The van der Waals surface area contributed by atoms with Crippen molar-refractivity contribution in [3.8, 4) is 0 Å². The van der Waals surface area contributed by atoms with Gasteiger partial charge in [0.2, 0.25) is 0 Å². The zero-order valence-corrected chi connectivity index (χ0v) is 18.9. The Balaban J connectivity index is 2.11. The van der Waals surface area contributed by atoms with Gasteiger partial charge in [0.05, 0.1) is 23.1 Å². The van der Waals surface area contributed by atoms with Crippen molar-refractivity contribution in [2.24, 2.45) is 0 Å². The SMILES string of the molecule is Cc1cc(N(C2CCN(C(=O)OC(C)(C)C)CC2)[S+](C)[O-])cc(C)c1Br. The first-order valence-electron chi connectivity index (χ1n) is 8.87. The minimum Gasteiger partial charge on any atom is -0.593 e. The van der Waals surface area contributed by atoms with E-state index in [1.807, 2.05) is 38.9 Å². The fourth-order valence-electron chi connectivity index (χ4n) is 3.23. The van der Waals surface area contributed by atoms with Crippen molar-refractivity contribution in [2.75, 3.05) is 23.7 Å². The number of hydrogen-bond donors (Lipinski definition) is 0. The summed E-state index contributed by atoms with van der Waals surface area (Å²) in [7, 11) is 0. The second kappa shape index (κ2) is 8.40. The maximum Gasteiger partial charge on any atom is 0.410 e. The zero-order valence-electron chi connectivity index (χ0n) is 16.5. The maximum atomic E-state index is 12.5. The highest BCUT2D eigenvalue weighted by Gasteiger charge is 2.33. The molecule has 26 heavy (non-hydrogen) atoms. The second-order valence-corrected chi connectivity index (χ2v) is 9.88. The predicted molar refractivity (Wildman–Crippen MR) is 111 cm³/mol. The Bertz CT molecular complexity index is 630. The number of nitrogens with zero attached hydrogens (tertiary/aromatic N) is 2. The average Bonchev–Trinajstić information content (AvgIpc) is 2.51. The third-order valence-corrected chi connectivity index (χ3v) is 6.71. The topological polar surface area (TPSA) is 55.8 Å². The number of amides is 1. The molecular formula is C19H29BrN2O3S. The summed E-state index contributed by atoms with van der Waals surface area (Å²) >= 11 is 2.46. The quantitative estimate of drug-likeness (QED) is 0.640. The van der Waals surface area contributed by atoms with Gasteiger partial charge >= 0.3 is 6.09 Å². The lowest BCUT2D eigenvalue weighted by Crippen LogP contribution is -2.49. The third kappa shape index (κ3) is 5.30. The van der Waals surface area contributed by atoms with E-state index >= 15 is 0 Å². The van der Waals surface area contributed by atoms with Crippen molar-refractivity contribution < 1.29 is 14.1 Å². The summed E-state index contributed by atoms with van der Waals surface area (Å²) in [4.78, 5) is 14.0. The van der Waals surface area contributed by atoms with Gasteiger partial charge in [-0.2, -0.15) is 4.31 Å². The highest BCUT2D eigenvalue weighted by Crippen LogP contribution is 2.32. The Morgan fingerprint density at radius 1 is 1.27 bits per heavy atom. The predicted octanol–water partition coefficient (Wildman–Crippen LogP) is 4.57. The number of carbonyl (C=O) groups excluding carboxylic acids is 1. The van der Waals surface area contributed by atoms with Crippen LogP contribution in [0.2, 0.25) is 0 Å². The van der Waals surface area contributed by atoms with E-state index in [0.29, 0.717) is 13.1 Å². The molecule has 1 unspecified atom stereocenters. The molecule has 0 aliphatic carbocycles. The van der Waals surface area contributed by atoms with Crippen molar-refractivity contribution in [3.05, 3.63) is 27.7 Å². The normalized spacial score (nSPS) is 17.2. The van der Waals surface area contributed by atoms with Gasteiger partial charge in [-0.25, -0.2) is 4.79 Å². The van der Waals surface area contributed by atoms with Crippen LogP contribution in [0.5, 0.6) is 0 Å². The van der Waals surface area contributed by atoms with Crippen molar-refractivity contribution in [1.82, 2.24) is 4.90 Å². The molecule has 1 aliphatic heterocycles. The van der Waals surface area contributed by atoms with Gasteiger partial charge < -0.3 is 14.2 Å². The van der Waals surface area contributed by atoms with Gasteiger partial charge in [-0.3, -0.25) is 0 Å². The van der Waals surface area contributed by atoms with Crippen molar-refractivity contribution >= 4 is 39.1 Å². The van der Waals surface area contributed by atoms with E-state index in [0.717, 1.165) is 34.1 Å². The van der Waals surface area contributed by atoms with Gasteiger partial charge in [0.25, 0.3) is 0 Å². The molecule has 0 saturated carbocycles. The number of carbonyl (C=O) groups is 1. The van der Waals surface area contributed by atoms with E-state index in [9.17, 15) is 9.35 Å². The van der Waals surface area contributed by atoms with Crippen LogP contribution in [0.1, 0.15) is 44.7 Å². The largest absolute Gasteiger partial charge is 0.593 e. The third-order valence-electron chi connectivity index (χ3n) is 4.40. The molecule has 0 bridgehead atoms. The van der Waals surface area contributed by atoms with Crippen LogP contribution < -0.4 is 4.31 Å². The molecule has 0 spiro atoms. The number of aryl methyl sites for hydroxylation is 2. The standard InChI is InChI=1S/C19H29BrN2O3S/c1-13-11-16(12-14(2)17(13)20)22(26(6)24)15-7-9-21(10-8-15)18(23)25-19(3,4)5/h11-12,15H,7-10H2,1-6H3. The Morgan fingerprint density at radius 2 is 1.77 bits per heavy atom. The Morgan fingerprint density at radius 3 is 2.19 bits per heavy atom. The lowest BCUT2D eigenvalue weighted by atomic mass is 10.0. The highest BCUT2D eigenvalue weighted by molar-refractivity contribution is 9.10. The fraction of sp³-hybridized carbons (Fsp3) is 0.632. The van der Waals surface area contributed by atoms with Crippen LogP contribution in [0, 0.1) is 13.8 Å². The second-order valence-electron chi connectivity index (χ2n) is 7.84. The number of halogens is 1.